The minimum atomic E-state index is -0.837. The van der Waals surface area contributed by atoms with Gasteiger partial charge in [0.1, 0.15) is 5.54 Å². The number of amides is 2. The van der Waals surface area contributed by atoms with E-state index in [0.717, 1.165) is 12.0 Å². The average Bonchev–Trinajstić information content (AvgIpc) is 2.70. The van der Waals surface area contributed by atoms with Crippen LogP contribution in [0.2, 0.25) is 0 Å². The van der Waals surface area contributed by atoms with Gasteiger partial charge in [0.15, 0.2) is 0 Å². The first-order valence-corrected chi connectivity index (χ1v) is 6.89. The fourth-order valence-electron chi connectivity index (χ4n) is 2.56. The van der Waals surface area contributed by atoms with E-state index in [1.165, 1.54) is 0 Å². The van der Waals surface area contributed by atoms with Crippen LogP contribution in [0.1, 0.15) is 32.8 Å². The summed E-state index contributed by atoms with van der Waals surface area (Å²) >= 11 is 0. The summed E-state index contributed by atoms with van der Waals surface area (Å²) in [5.74, 6) is -0.0977. The Morgan fingerprint density at radius 1 is 1.45 bits per heavy atom. The molecular weight excluding hydrogens is 256 g/mol. The van der Waals surface area contributed by atoms with Crippen molar-refractivity contribution < 1.29 is 9.59 Å². The van der Waals surface area contributed by atoms with Gasteiger partial charge < -0.3 is 10.2 Å². The third kappa shape index (κ3) is 3.00. The first-order valence-electron chi connectivity index (χ1n) is 6.89. The van der Waals surface area contributed by atoms with Crippen molar-refractivity contribution in [3.05, 3.63) is 18.0 Å². The summed E-state index contributed by atoms with van der Waals surface area (Å²) in [4.78, 5) is 26.1. The monoisotopic (exact) mass is 278 g/mol. The normalized spacial score (nSPS) is 22.6. The van der Waals surface area contributed by atoms with Crippen LogP contribution in [0.4, 0.5) is 0 Å². The zero-order chi connectivity index (χ0) is 14.9. The molecule has 0 spiro atoms. The molecule has 2 rings (SSSR count). The highest BCUT2D eigenvalue weighted by molar-refractivity contribution is 5.93. The number of aryl methyl sites for hydroxylation is 1. The van der Waals surface area contributed by atoms with Gasteiger partial charge in [-0.25, -0.2) is 0 Å². The predicted molar refractivity (Wildman–Crippen MR) is 74.9 cm³/mol. The number of carbonyl (C=O) groups is 2. The van der Waals surface area contributed by atoms with Crippen LogP contribution in [-0.2, 0) is 23.1 Å². The number of carbonyl (C=O) groups excluding carboxylic acids is 2. The van der Waals surface area contributed by atoms with Crippen molar-refractivity contribution in [2.45, 2.75) is 45.2 Å². The molecule has 2 heterocycles. The topological polar surface area (TPSA) is 67.2 Å². The van der Waals surface area contributed by atoms with Gasteiger partial charge >= 0.3 is 0 Å². The molecule has 1 unspecified atom stereocenters. The second-order valence-electron chi connectivity index (χ2n) is 6.00. The number of nitrogens with one attached hydrogen (secondary N) is 1. The fraction of sp³-hybridized carbons (Fsp3) is 0.643. The molecule has 1 aliphatic rings. The maximum Gasteiger partial charge on any atom is 0.248 e. The minimum Gasteiger partial charge on any atom is -0.342 e. The lowest BCUT2D eigenvalue weighted by atomic mass is 10.0. The summed E-state index contributed by atoms with van der Waals surface area (Å²) in [6, 6.07) is -0.0825. The molecule has 0 aromatic carbocycles. The Balaban J connectivity index is 2.11. The average molecular weight is 278 g/mol. The van der Waals surface area contributed by atoms with Gasteiger partial charge in [0.05, 0.1) is 6.20 Å². The predicted octanol–water partition coefficient (Wildman–Crippen LogP) is 0.478. The van der Waals surface area contributed by atoms with E-state index in [2.05, 4.69) is 10.4 Å². The Bertz CT molecular complexity index is 521. The van der Waals surface area contributed by atoms with Gasteiger partial charge in [-0.15, -0.1) is 0 Å². The summed E-state index contributed by atoms with van der Waals surface area (Å²) in [5, 5.41) is 6.91. The highest BCUT2D eigenvalue weighted by Crippen LogP contribution is 2.18. The molecule has 1 atom stereocenters. The van der Waals surface area contributed by atoms with Crippen molar-refractivity contribution in [2.75, 3.05) is 6.54 Å². The second kappa shape index (κ2) is 5.26. The lowest BCUT2D eigenvalue weighted by Crippen LogP contribution is -2.54. The summed E-state index contributed by atoms with van der Waals surface area (Å²) in [6.07, 6.45) is 4.85. The molecular formula is C14H22N4O2. The molecule has 0 bridgehead atoms. The zero-order valence-corrected chi connectivity index (χ0v) is 12.5. The minimum absolute atomic E-state index is 0.0280. The summed E-state index contributed by atoms with van der Waals surface area (Å²) in [7, 11) is 1.87. The van der Waals surface area contributed by atoms with Crippen molar-refractivity contribution in [1.82, 2.24) is 20.0 Å². The molecule has 1 aromatic heterocycles. The third-order valence-electron chi connectivity index (χ3n) is 3.66. The first kappa shape index (κ1) is 14.6. The fourth-order valence-corrected chi connectivity index (χ4v) is 2.56. The Labute approximate surface area is 119 Å². The third-order valence-corrected chi connectivity index (χ3v) is 3.66. The molecule has 6 heteroatoms. The van der Waals surface area contributed by atoms with Crippen molar-refractivity contribution in [3.63, 3.8) is 0 Å². The molecule has 0 radical (unpaired) electrons. The van der Waals surface area contributed by atoms with Crippen LogP contribution in [0.3, 0.4) is 0 Å². The van der Waals surface area contributed by atoms with E-state index < -0.39 is 5.54 Å². The maximum atomic E-state index is 12.5. The van der Waals surface area contributed by atoms with Crippen LogP contribution in [0.15, 0.2) is 12.4 Å². The van der Waals surface area contributed by atoms with Gasteiger partial charge in [0, 0.05) is 32.3 Å². The van der Waals surface area contributed by atoms with Gasteiger partial charge in [0.2, 0.25) is 11.8 Å². The van der Waals surface area contributed by atoms with Crippen LogP contribution < -0.4 is 5.32 Å². The van der Waals surface area contributed by atoms with E-state index in [-0.39, 0.29) is 17.9 Å². The van der Waals surface area contributed by atoms with Crippen molar-refractivity contribution in [1.29, 1.82) is 0 Å². The number of hydrogen-bond donors (Lipinski definition) is 1. The van der Waals surface area contributed by atoms with Crippen LogP contribution in [-0.4, -0.2) is 44.6 Å². The SMILES string of the molecule is CC1CC(=O)NC(C)(C)C(=O)N1CCc1cnn(C)c1. The molecule has 1 fully saturated rings. The van der Waals surface area contributed by atoms with Crippen molar-refractivity contribution in [2.24, 2.45) is 7.05 Å². The van der Waals surface area contributed by atoms with Crippen LogP contribution in [0.5, 0.6) is 0 Å². The van der Waals surface area contributed by atoms with Gasteiger partial charge in [0.25, 0.3) is 0 Å². The lowest BCUT2D eigenvalue weighted by Gasteiger charge is -2.31. The van der Waals surface area contributed by atoms with E-state index in [9.17, 15) is 9.59 Å². The van der Waals surface area contributed by atoms with E-state index in [4.69, 9.17) is 0 Å². The highest BCUT2D eigenvalue weighted by Gasteiger charge is 2.39. The Hall–Kier alpha value is -1.85. The smallest absolute Gasteiger partial charge is 0.248 e. The van der Waals surface area contributed by atoms with Gasteiger partial charge in [-0.2, -0.15) is 5.10 Å². The van der Waals surface area contributed by atoms with Gasteiger partial charge in [-0.1, -0.05) is 0 Å². The Morgan fingerprint density at radius 3 is 2.75 bits per heavy atom. The van der Waals surface area contributed by atoms with E-state index in [1.807, 2.05) is 26.4 Å². The maximum absolute atomic E-state index is 12.5. The molecule has 2 amide bonds. The quantitative estimate of drug-likeness (QED) is 0.874. The Morgan fingerprint density at radius 2 is 2.15 bits per heavy atom. The standard InChI is InChI=1S/C14H22N4O2/c1-10-7-12(19)16-14(2,3)13(20)18(10)6-5-11-8-15-17(4)9-11/h8-10H,5-7H2,1-4H3,(H,16,19). The van der Waals surface area contributed by atoms with Crippen molar-refractivity contribution >= 4 is 11.8 Å². The Kier molecular flexibility index (Phi) is 3.83. The molecule has 6 nitrogen and oxygen atoms in total. The number of aromatic nitrogens is 2. The van der Waals surface area contributed by atoms with E-state index in [0.29, 0.717) is 13.0 Å². The summed E-state index contributed by atoms with van der Waals surface area (Å²) < 4.78 is 1.75. The van der Waals surface area contributed by atoms with Gasteiger partial charge in [-0.3, -0.25) is 14.3 Å². The molecule has 1 saturated heterocycles. The largest absolute Gasteiger partial charge is 0.342 e. The lowest BCUT2D eigenvalue weighted by molar-refractivity contribution is -0.138. The number of hydrogen-bond acceptors (Lipinski definition) is 3. The molecule has 1 N–H and O–H groups in total. The zero-order valence-electron chi connectivity index (χ0n) is 12.5. The molecule has 1 aromatic rings. The van der Waals surface area contributed by atoms with Gasteiger partial charge in [-0.05, 0) is 32.8 Å². The molecule has 1 aliphatic heterocycles. The van der Waals surface area contributed by atoms with Crippen LogP contribution >= 0.6 is 0 Å². The summed E-state index contributed by atoms with van der Waals surface area (Å²) in [6.45, 7) is 6.02. The number of nitrogens with zero attached hydrogens (tertiary/aromatic N) is 3. The van der Waals surface area contributed by atoms with Crippen LogP contribution in [0.25, 0.3) is 0 Å². The van der Waals surface area contributed by atoms with E-state index in [1.54, 1.807) is 23.4 Å². The van der Waals surface area contributed by atoms with E-state index >= 15 is 0 Å². The number of rotatable bonds is 3. The van der Waals surface area contributed by atoms with Crippen molar-refractivity contribution in [3.8, 4) is 0 Å². The summed E-state index contributed by atoms with van der Waals surface area (Å²) in [5.41, 5.74) is 0.255. The second-order valence-corrected chi connectivity index (χ2v) is 6.00. The molecule has 0 aliphatic carbocycles. The van der Waals surface area contributed by atoms with Crippen LogP contribution in [0, 0.1) is 0 Å². The first-order chi connectivity index (χ1) is 9.29. The molecule has 20 heavy (non-hydrogen) atoms. The molecule has 0 saturated carbocycles. The molecule has 110 valence electrons. The highest BCUT2D eigenvalue weighted by atomic mass is 16.2.